The van der Waals surface area contributed by atoms with Crippen LogP contribution in [0.4, 0.5) is 19.0 Å². The standard InChI is InChI=1S/C30H31ClF3N6O8P/c1-3-40(35)26-19-11-12-39(25(19)36-15-37-26)28-29(2,43)24(41)22(47-28)14-46-49(44,48-17-9-7-16(31)8-10-17)38-23-18-5-4-6-21(30(32,33)34)20(18)13-45-27(23)42/h4-12,15,22-24,28,41,43H,3,13-14,35H2,1-2H3,(H,38,44)/t22?,23?,24-,28?,29-,49?/m1/s1. The van der Waals surface area contributed by atoms with Gasteiger partial charge in [-0.25, -0.2) is 25.2 Å². The number of aromatic nitrogens is 3. The van der Waals surface area contributed by atoms with Gasteiger partial charge in [-0.05, 0) is 55.8 Å². The number of aliphatic hydroxyl groups excluding tert-OH is 1. The van der Waals surface area contributed by atoms with Crippen molar-refractivity contribution in [1.82, 2.24) is 19.6 Å². The molecular formula is C30H31ClF3N6O8P. The Morgan fingerprint density at radius 2 is 1.96 bits per heavy atom. The van der Waals surface area contributed by atoms with Gasteiger partial charge in [-0.1, -0.05) is 23.7 Å². The van der Waals surface area contributed by atoms with Crippen molar-refractivity contribution in [3.8, 4) is 5.75 Å². The molecule has 0 radical (unpaired) electrons. The van der Waals surface area contributed by atoms with Crippen molar-refractivity contribution in [3.63, 3.8) is 0 Å². The summed E-state index contributed by atoms with van der Waals surface area (Å²) in [7, 11) is -4.73. The lowest BCUT2D eigenvalue weighted by Gasteiger charge is -2.30. The second-order valence-corrected chi connectivity index (χ2v) is 13.7. The number of halogens is 4. The number of carbonyl (C=O) groups is 1. The van der Waals surface area contributed by atoms with Crippen molar-refractivity contribution < 1.29 is 51.3 Å². The van der Waals surface area contributed by atoms with E-state index < -0.39 is 68.7 Å². The molecule has 0 aliphatic carbocycles. The van der Waals surface area contributed by atoms with Gasteiger partial charge < -0.3 is 28.8 Å². The van der Waals surface area contributed by atoms with Crippen LogP contribution in [0.3, 0.4) is 0 Å². The minimum atomic E-state index is -4.76. The van der Waals surface area contributed by atoms with Crippen LogP contribution in [0.5, 0.6) is 5.75 Å². The summed E-state index contributed by atoms with van der Waals surface area (Å²) < 4.78 is 79.6. The molecule has 4 unspecified atom stereocenters. The molecule has 0 spiro atoms. The van der Waals surface area contributed by atoms with Gasteiger partial charge in [0.2, 0.25) is 0 Å². The first-order valence-electron chi connectivity index (χ1n) is 14.9. The molecule has 0 saturated carbocycles. The van der Waals surface area contributed by atoms with Gasteiger partial charge >= 0.3 is 19.9 Å². The molecule has 5 N–H and O–H groups in total. The van der Waals surface area contributed by atoms with E-state index in [1.165, 1.54) is 53.2 Å². The van der Waals surface area contributed by atoms with Crippen molar-refractivity contribution >= 4 is 42.2 Å². The highest BCUT2D eigenvalue weighted by Gasteiger charge is 2.54. The molecule has 262 valence electrons. The molecule has 1 saturated heterocycles. The molecule has 1 fully saturated rings. The largest absolute Gasteiger partial charge is 0.459 e. The van der Waals surface area contributed by atoms with Crippen LogP contribution in [0.2, 0.25) is 5.02 Å². The highest BCUT2D eigenvalue weighted by Crippen LogP contribution is 2.50. The Bertz CT molecular complexity index is 1910. The van der Waals surface area contributed by atoms with Crippen LogP contribution in [0.1, 0.15) is 42.8 Å². The van der Waals surface area contributed by atoms with Crippen molar-refractivity contribution in [3.05, 3.63) is 82.8 Å². The fourth-order valence-electron chi connectivity index (χ4n) is 5.73. The third kappa shape index (κ3) is 6.72. The van der Waals surface area contributed by atoms with E-state index in [1.54, 1.807) is 12.3 Å². The van der Waals surface area contributed by atoms with E-state index in [9.17, 15) is 32.7 Å². The molecule has 49 heavy (non-hydrogen) atoms. The zero-order chi connectivity index (χ0) is 35.3. The van der Waals surface area contributed by atoms with Crippen molar-refractivity contribution in [2.45, 2.75) is 56.7 Å². The highest BCUT2D eigenvalue weighted by molar-refractivity contribution is 7.52. The van der Waals surface area contributed by atoms with Crippen LogP contribution in [0.15, 0.2) is 61.1 Å². The fourth-order valence-corrected chi connectivity index (χ4v) is 7.34. The summed E-state index contributed by atoms with van der Waals surface area (Å²) in [5.74, 6) is 5.40. The van der Waals surface area contributed by atoms with Gasteiger partial charge in [-0.2, -0.15) is 18.3 Å². The van der Waals surface area contributed by atoms with Crippen LogP contribution in [0, 0.1) is 0 Å². The average Bonchev–Trinajstić information content (AvgIpc) is 3.58. The molecule has 0 bridgehead atoms. The smallest absolute Gasteiger partial charge is 0.459 e. The third-order valence-electron chi connectivity index (χ3n) is 8.27. The number of fused-ring (bicyclic) bond motifs is 2. The first kappa shape index (κ1) is 35.0. The summed E-state index contributed by atoms with van der Waals surface area (Å²) in [5, 5.41) is 27.3. The van der Waals surface area contributed by atoms with E-state index in [-0.39, 0.29) is 16.9 Å². The predicted octanol–water partition coefficient (Wildman–Crippen LogP) is 4.40. The Balaban J connectivity index is 1.29. The number of aliphatic hydroxyl groups is 2. The molecule has 2 aromatic carbocycles. The summed E-state index contributed by atoms with van der Waals surface area (Å²) in [6.45, 7) is 2.25. The van der Waals surface area contributed by atoms with Crippen LogP contribution < -0.4 is 20.5 Å². The maximum atomic E-state index is 14.4. The first-order valence-corrected chi connectivity index (χ1v) is 16.8. The van der Waals surface area contributed by atoms with Gasteiger partial charge in [-0.15, -0.1) is 0 Å². The van der Waals surface area contributed by atoms with E-state index >= 15 is 0 Å². The molecule has 19 heteroatoms. The maximum Gasteiger partial charge on any atom is 0.459 e. The maximum absolute atomic E-state index is 14.4. The molecule has 14 nitrogen and oxygen atoms in total. The number of hydrogen-bond acceptors (Lipinski definition) is 12. The minimum absolute atomic E-state index is 0.0400. The van der Waals surface area contributed by atoms with Crippen molar-refractivity contribution in [2.24, 2.45) is 5.84 Å². The number of alkyl halides is 3. The van der Waals surface area contributed by atoms with E-state index in [0.29, 0.717) is 28.4 Å². The Labute approximate surface area is 282 Å². The first-order chi connectivity index (χ1) is 23.1. The van der Waals surface area contributed by atoms with Gasteiger partial charge in [-0.3, -0.25) is 9.53 Å². The normalized spacial score (nSPS) is 25.1. The summed E-state index contributed by atoms with van der Waals surface area (Å²) in [6, 6.07) is 8.72. The number of cyclic esters (lactones) is 1. The number of benzene rings is 2. The molecule has 2 aromatic heterocycles. The average molecular weight is 727 g/mol. The highest BCUT2D eigenvalue weighted by atomic mass is 35.5. The Kier molecular flexibility index (Phi) is 9.40. The second kappa shape index (κ2) is 13.2. The number of ether oxygens (including phenoxy) is 2. The van der Waals surface area contributed by atoms with Crippen molar-refractivity contribution in [1.29, 1.82) is 0 Å². The number of rotatable bonds is 10. The lowest BCUT2D eigenvalue weighted by molar-refractivity contribution is -0.152. The van der Waals surface area contributed by atoms with Gasteiger partial charge in [0, 0.05) is 23.3 Å². The third-order valence-corrected chi connectivity index (χ3v) is 10.0. The number of hydrazine groups is 1. The summed E-state index contributed by atoms with van der Waals surface area (Å²) in [6.07, 6.45) is -6.12. The molecule has 0 amide bonds. The van der Waals surface area contributed by atoms with Crippen LogP contribution in [0.25, 0.3) is 11.0 Å². The van der Waals surface area contributed by atoms with Crippen LogP contribution in [-0.4, -0.2) is 61.7 Å². The molecular weight excluding hydrogens is 696 g/mol. The SMILES string of the molecule is CCN(N)c1ncnc2c1ccn2C1OC(COP(=O)(NC2C(=O)OCc3c2cccc3C(F)(F)F)Oc2ccc(Cl)cc2)[C@@H](O)[C@@]1(C)O. The Hall–Kier alpha value is -3.80. The molecule has 2 aliphatic rings. The Morgan fingerprint density at radius 1 is 1.22 bits per heavy atom. The quantitative estimate of drug-likeness (QED) is 0.0781. The topological polar surface area (TPSA) is 184 Å². The molecule has 6 rings (SSSR count). The lowest BCUT2D eigenvalue weighted by Crippen LogP contribution is -2.44. The minimum Gasteiger partial charge on any atom is -0.459 e. The van der Waals surface area contributed by atoms with E-state index in [1.807, 2.05) is 6.92 Å². The van der Waals surface area contributed by atoms with Gasteiger partial charge in [0.1, 0.15) is 48.2 Å². The van der Waals surface area contributed by atoms with Gasteiger partial charge in [0.25, 0.3) is 0 Å². The summed E-state index contributed by atoms with van der Waals surface area (Å²) >= 11 is 5.97. The summed E-state index contributed by atoms with van der Waals surface area (Å²) in [4.78, 5) is 21.4. The molecule has 2 aliphatic heterocycles. The molecule has 4 aromatic rings. The van der Waals surface area contributed by atoms with Crippen molar-refractivity contribution in [2.75, 3.05) is 18.2 Å². The number of anilines is 1. The summed E-state index contributed by atoms with van der Waals surface area (Å²) in [5.41, 5.74) is -3.12. The lowest BCUT2D eigenvalue weighted by atomic mass is 9.94. The molecule has 6 atom stereocenters. The van der Waals surface area contributed by atoms with Crippen LogP contribution >= 0.6 is 19.3 Å². The van der Waals surface area contributed by atoms with Crippen LogP contribution in [-0.2, 0) is 36.1 Å². The van der Waals surface area contributed by atoms with E-state index in [0.717, 1.165) is 12.1 Å². The number of nitrogens with two attached hydrogens (primary N) is 1. The zero-order valence-electron chi connectivity index (χ0n) is 25.9. The van der Waals surface area contributed by atoms with Gasteiger partial charge in [0.05, 0.1) is 17.6 Å². The number of esters is 1. The second-order valence-electron chi connectivity index (χ2n) is 11.5. The predicted molar refractivity (Wildman–Crippen MR) is 168 cm³/mol. The van der Waals surface area contributed by atoms with Gasteiger partial charge in [0.15, 0.2) is 12.0 Å². The monoisotopic (exact) mass is 726 g/mol. The number of nitrogens with one attached hydrogen (secondary N) is 1. The number of carbonyl (C=O) groups excluding carboxylic acids is 1. The number of hydrogen-bond donors (Lipinski definition) is 4. The number of nitrogens with zero attached hydrogens (tertiary/aromatic N) is 4. The molecule has 4 heterocycles. The van der Waals surface area contributed by atoms with E-state index in [4.69, 9.17) is 36.0 Å². The Morgan fingerprint density at radius 3 is 2.65 bits per heavy atom. The van der Waals surface area contributed by atoms with E-state index in [2.05, 4.69) is 15.1 Å². The fraction of sp³-hybridized carbons (Fsp3) is 0.367. The zero-order valence-corrected chi connectivity index (χ0v) is 27.5.